The molecule has 0 bridgehead atoms. The van der Waals surface area contributed by atoms with Crippen LogP contribution >= 0.6 is 0 Å². The Morgan fingerprint density at radius 1 is 1.17 bits per heavy atom. The van der Waals surface area contributed by atoms with E-state index in [1.54, 1.807) is 24.3 Å². The van der Waals surface area contributed by atoms with Crippen molar-refractivity contribution in [2.75, 3.05) is 25.0 Å². The number of ether oxygens (including phenoxy) is 1. The minimum atomic E-state index is -1.07. The van der Waals surface area contributed by atoms with Crippen molar-refractivity contribution in [3.63, 3.8) is 0 Å². The number of carboxylic acids is 1. The van der Waals surface area contributed by atoms with Crippen LogP contribution in [0.4, 0.5) is 5.69 Å². The number of amides is 2. The highest BCUT2D eigenvalue weighted by molar-refractivity contribution is 5.97. The van der Waals surface area contributed by atoms with Gasteiger partial charge in [0, 0.05) is 23.7 Å². The first-order valence-corrected chi connectivity index (χ1v) is 7.59. The molecule has 3 rings (SSSR count). The number of aliphatic carboxylic acids is 1. The van der Waals surface area contributed by atoms with Gasteiger partial charge in [-0.05, 0) is 37.1 Å². The molecule has 1 aromatic rings. The van der Waals surface area contributed by atoms with Crippen molar-refractivity contribution in [3.8, 4) is 0 Å². The van der Waals surface area contributed by atoms with Crippen LogP contribution in [0, 0.1) is 5.92 Å². The number of morpholine rings is 1. The molecule has 1 unspecified atom stereocenters. The third kappa shape index (κ3) is 3.68. The third-order valence-corrected chi connectivity index (χ3v) is 3.98. The maximum atomic E-state index is 12.4. The molecule has 23 heavy (non-hydrogen) atoms. The molecule has 1 heterocycles. The van der Waals surface area contributed by atoms with Gasteiger partial charge in [-0.25, -0.2) is 4.79 Å². The van der Waals surface area contributed by atoms with Crippen LogP contribution in [0.1, 0.15) is 23.2 Å². The second kappa shape index (κ2) is 6.37. The molecular weight excluding hydrogens is 300 g/mol. The maximum Gasteiger partial charge on any atom is 0.334 e. The first kappa shape index (κ1) is 15.5. The Morgan fingerprint density at radius 2 is 1.87 bits per heavy atom. The van der Waals surface area contributed by atoms with E-state index in [4.69, 9.17) is 9.84 Å². The van der Waals surface area contributed by atoms with Gasteiger partial charge in [-0.1, -0.05) is 0 Å². The highest BCUT2D eigenvalue weighted by Gasteiger charge is 2.30. The van der Waals surface area contributed by atoms with Gasteiger partial charge in [-0.2, -0.15) is 0 Å². The third-order valence-electron chi connectivity index (χ3n) is 3.98. The van der Waals surface area contributed by atoms with Crippen LogP contribution in [0.3, 0.4) is 0 Å². The molecule has 2 N–H and O–H groups in total. The number of carbonyl (C=O) groups is 3. The molecule has 0 aromatic heterocycles. The zero-order valence-corrected chi connectivity index (χ0v) is 12.5. The monoisotopic (exact) mass is 318 g/mol. The van der Waals surface area contributed by atoms with Crippen LogP contribution in [0.25, 0.3) is 0 Å². The average molecular weight is 318 g/mol. The van der Waals surface area contributed by atoms with E-state index in [-0.39, 0.29) is 30.9 Å². The zero-order valence-electron chi connectivity index (χ0n) is 12.5. The summed E-state index contributed by atoms with van der Waals surface area (Å²) in [5.41, 5.74) is 1.12. The van der Waals surface area contributed by atoms with Crippen molar-refractivity contribution in [1.82, 2.24) is 4.90 Å². The normalized spacial score (nSPS) is 20.9. The lowest BCUT2D eigenvalue weighted by atomic mass is 10.1. The van der Waals surface area contributed by atoms with Crippen molar-refractivity contribution in [1.29, 1.82) is 0 Å². The minimum Gasteiger partial charge on any atom is -0.479 e. The summed E-state index contributed by atoms with van der Waals surface area (Å²) in [7, 11) is 0. The van der Waals surface area contributed by atoms with Crippen molar-refractivity contribution in [2.45, 2.75) is 18.9 Å². The molecule has 1 aromatic carbocycles. The molecule has 7 nitrogen and oxygen atoms in total. The predicted octanol–water partition coefficient (Wildman–Crippen LogP) is 0.961. The molecule has 1 aliphatic heterocycles. The smallest absolute Gasteiger partial charge is 0.334 e. The number of nitrogens with zero attached hydrogens (tertiary/aromatic N) is 1. The number of hydrogen-bond acceptors (Lipinski definition) is 4. The summed E-state index contributed by atoms with van der Waals surface area (Å²) in [5, 5.41) is 11.8. The number of carbonyl (C=O) groups excluding carboxylic acids is 2. The standard InChI is InChI=1S/C16H18N2O5/c19-14(10-1-2-10)17-12-5-3-11(4-6-12)15(20)18-7-8-23-13(9-18)16(21)22/h3-6,10,13H,1-2,7-9H2,(H,17,19)(H,21,22). The van der Waals surface area contributed by atoms with Gasteiger partial charge in [0.05, 0.1) is 13.2 Å². The Balaban J connectivity index is 1.62. The van der Waals surface area contributed by atoms with Crippen LogP contribution in [0.5, 0.6) is 0 Å². The topological polar surface area (TPSA) is 95.9 Å². The lowest BCUT2D eigenvalue weighted by molar-refractivity contribution is -0.154. The Labute approximate surface area is 133 Å². The zero-order chi connectivity index (χ0) is 16.4. The van der Waals surface area contributed by atoms with E-state index in [0.29, 0.717) is 17.8 Å². The first-order valence-electron chi connectivity index (χ1n) is 7.59. The quantitative estimate of drug-likeness (QED) is 0.862. The molecular formula is C16H18N2O5. The molecule has 122 valence electrons. The summed E-state index contributed by atoms with van der Waals surface area (Å²) in [6.07, 6.45) is 0.888. The fraction of sp³-hybridized carbons (Fsp3) is 0.438. The summed E-state index contributed by atoms with van der Waals surface area (Å²) in [6, 6.07) is 6.64. The molecule has 1 saturated heterocycles. The summed E-state index contributed by atoms with van der Waals surface area (Å²) < 4.78 is 5.11. The lowest BCUT2D eigenvalue weighted by Gasteiger charge is -2.30. The van der Waals surface area contributed by atoms with Gasteiger partial charge in [-0.3, -0.25) is 9.59 Å². The van der Waals surface area contributed by atoms with Crippen LogP contribution < -0.4 is 5.32 Å². The second-order valence-electron chi connectivity index (χ2n) is 5.79. The molecule has 0 radical (unpaired) electrons. The van der Waals surface area contributed by atoms with E-state index >= 15 is 0 Å². The summed E-state index contributed by atoms with van der Waals surface area (Å²) in [6.45, 7) is 0.606. The van der Waals surface area contributed by atoms with Crippen LogP contribution in [0.15, 0.2) is 24.3 Å². The SMILES string of the molecule is O=C(Nc1ccc(C(=O)N2CCOC(C(=O)O)C2)cc1)C1CC1. The number of rotatable bonds is 4. The highest BCUT2D eigenvalue weighted by atomic mass is 16.5. The van der Waals surface area contributed by atoms with E-state index in [1.807, 2.05) is 0 Å². The van der Waals surface area contributed by atoms with Gasteiger partial charge in [-0.15, -0.1) is 0 Å². The largest absolute Gasteiger partial charge is 0.479 e. The van der Waals surface area contributed by atoms with Gasteiger partial charge in [0.15, 0.2) is 6.10 Å². The van der Waals surface area contributed by atoms with Gasteiger partial charge in [0.25, 0.3) is 5.91 Å². The minimum absolute atomic E-state index is 0.0153. The van der Waals surface area contributed by atoms with Crippen molar-refractivity contribution in [3.05, 3.63) is 29.8 Å². The Kier molecular flexibility index (Phi) is 4.29. The molecule has 2 amide bonds. The number of anilines is 1. The van der Waals surface area contributed by atoms with E-state index in [9.17, 15) is 14.4 Å². The molecule has 1 atom stereocenters. The molecule has 2 fully saturated rings. The number of hydrogen-bond donors (Lipinski definition) is 2. The van der Waals surface area contributed by atoms with Crippen molar-refractivity contribution >= 4 is 23.5 Å². The van der Waals surface area contributed by atoms with Gasteiger partial charge in [0.1, 0.15) is 0 Å². The molecule has 1 saturated carbocycles. The summed E-state index contributed by atoms with van der Waals surface area (Å²) in [5.74, 6) is -1.17. The fourth-order valence-electron chi connectivity index (χ4n) is 2.45. The van der Waals surface area contributed by atoms with E-state index in [2.05, 4.69) is 5.32 Å². The fourth-order valence-corrected chi connectivity index (χ4v) is 2.45. The molecule has 1 aliphatic carbocycles. The lowest BCUT2D eigenvalue weighted by Crippen LogP contribution is -2.48. The first-order chi connectivity index (χ1) is 11.0. The summed E-state index contributed by atoms with van der Waals surface area (Å²) >= 11 is 0. The van der Waals surface area contributed by atoms with Crippen LogP contribution in [-0.2, 0) is 14.3 Å². The van der Waals surface area contributed by atoms with Crippen molar-refractivity contribution in [2.24, 2.45) is 5.92 Å². The molecule has 7 heteroatoms. The summed E-state index contributed by atoms with van der Waals surface area (Å²) in [4.78, 5) is 36.5. The van der Waals surface area contributed by atoms with Gasteiger partial charge >= 0.3 is 5.97 Å². The van der Waals surface area contributed by atoms with Crippen LogP contribution in [0.2, 0.25) is 0 Å². The molecule has 2 aliphatic rings. The number of nitrogens with one attached hydrogen (secondary N) is 1. The van der Waals surface area contributed by atoms with Crippen LogP contribution in [-0.4, -0.2) is 53.6 Å². The second-order valence-corrected chi connectivity index (χ2v) is 5.79. The van der Waals surface area contributed by atoms with E-state index < -0.39 is 12.1 Å². The highest BCUT2D eigenvalue weighted by Crippen LogP contribution is 2.30. The Morgan fingerprint density at radius 3 is 2.48 bits per heavy atom. The van der Waals surface area contributed by atoms with Crippen molar-refractivity contribution < 1.29 is 24.2 Å². The number of benzene rings is 1. The van der Waals surface area contributed by atoms with Gasteiger partial charge in [0.2, 0.25) is 5.91 Å². The average Bonchev–Trinajstić information content (AvgIpc) is 3.40. The van der Waals surface area contributed by atoms with E-state index in [0.717, 1.165) is 12.8 Å². The maximum absolute atomic E-state index is 12.4. The Hall–Kier alpha value is -2.41. The number of carboxylic acid groups (broad SMARTS) is 1. The Bertz CT molecular complexity index is 624. The van der Waals surface area contributed by atoms with E-state index in [1.165, 1.54) is 4.90 Å². The predicted molar refractivity (Wildman–Crippen MR) is 81.1 cm³/mol. The molecule has 0 spiro atoms. The van der Waals surface area contributed by atoms with Gasteiger partial charge < -0.3 is 20.1 Å².